The van der Waals surface area contributed by atoms with Crippen LogP contribution in [0.15, 0.2) is 12.1 Å². The molecular weight excluding hydrogens is 238 g/mol. The van der Waals surface area contributed by atoms with Crippen molar-refractivity contribution in [3.05, 3.63) is 23.4 Å². The van der Waals surface area contributed by atoms with E-state index in [4.69, 9.17) is 0 Å². The molecule has 0 radical (unpaired) electrons. The number of carbonyl (C=O) groups excluding carboxylic acids is 1. The van der Waals surface area contributed by atoms with Crippen molar-refractivity contribution in [3.8, 4) is 0 Å². The molecule has 1 rings (SSSR count). The Morgan fingerprint density at radius 2 is 2.05 bits per heavy atom. The summed E-state index contributed by atoms with van der Waals surface area (Å²) in [6.45, 7) is 9.88. The lowest BCUT2D eigenvalue weighted by atomic mass is 10.1. The molecule has 0 spiro atoms. The summed E-state index contributed by atoms with van der Waals surface area (Å²) in [7, 11) is 0. The summed E-state index contributed by atoms with van der Waals surface area (Å²) < 4.78 is 0. The van der Waals surface area contributed by atoms with E-state index < -0.39 is 0 Å². The maximum atomic E-state index is 12.1. The van der Waals surface area contributed by atoms with E-state index in [1.54, 1.807) is 0 Å². The van der Waals surface area contributed by atoms with Crippen LogP contribution in [-0.2, 0) is 6.42 Å². The van der Waals surface area contributed by atoms with Gasteiger partial charge in [-0.3, -0.25) is 4.79 Å². The molecule has 0 bridgehead atoms. The number of hydrogen-bond acceptors (Lipinski definition) is 3. The van der Waals surface area contributed by atoms with Crippen LogP contribution in [0, 0.1) is 5.92 Å². The second kappa shape index (κ2) is 7.77. The lowest BCUT2D eigenvalue weighted by Gasteiger charge is -2.10. The number of nitrogens with zero attached hydrogens (tertiary/aromatic N) is 1. The second-order valence-corrected chi connectivity index (χ2v) is 5.05. The third-order valence-corrected chi connectivity index (χ3v) is 2.87. The number of aromatic nitrogens is 1. The van der Waals surface area contributed by atoms with Crippen LogP contribution in [0.25, 0.3) is 0 Å². The molecule has 0 aliphatic rings. The normalized spacial score (nSPS) is 10.6. The van der Waals surface area contributed by atoms with Gasteiger partial charge in [0, 0.05) is 24.3 Å². The second-order valence-electron chi connectivity index (χ2n) is 5.05. The first-order valence-electron chi connectivity index (χ1n) is 7.09. The number of hydrogen-bond donors (Lipinski definition) is 2. The molecule has 0 aliphatic heterocycles. The Morgan fingerprint density at radius 3 is 2.63 bits per heavy atom. The van der Waals surface area contributed by atoms with Crippen molar-refractivity contribution in [3.63, 3.8) is 0 Å². The zero-order valence-corrected chi connectivity index (χ0v) is 12.4. The van der Waals surface area contributed by atoms with E-state index in [0.717, 1.165) is 37.4 Å². The predicted octanol–water partition coefficient (Wildman–Crippen LogP) is 2.85. The average molecular weight is 263 g/mol. The predicted molar refractivity (Wildman–Crippen MR) is 79.6 cm³/mol. The Balaban J connectivity index is 2.74. The summed E-state index contributed by atoms with van der Waals surface area (Å²) >= 11 is 0. The molecule has 2 N–H and O–H groups in total. The number of amides is 1. The number of aryl methyl sites for hydroxylation is 1. The standard InChI is InChI=1S/C15H25N3O/c1-5-13-9-12(10-14(18-13)16-6-2)15(19)17-8-7-11(3)4/h9-11H,5-8H2,1-4H3,(H,16,18)(H,17,19). The van der Waals surface area contributed by atoms with Gasteiger partial charge in [0.1, 0.15) is 5.82 Å². The zero-order chi connectivity index (χ0) is 14.3. The molecular formula is C15H25N3O. The highest BCUT2D eigenvalue weighted by Gasteiger charge is 2.09. The maximum absolute atomic E-state index is 12.1. The van der Waals surface area contributed by atoms with E-state index in [2.05, 4.69) is 29.5 Å². The van der Waals surface area contributed by atoms with Gasteiger partial charge in [-0.05, 0) is 37.8 Å². The number of pyridine rings is 1. The van der Waals surface area contributed by atoms with Crippen LogP contribution in [0.4, 0.5) is 5.82 Å². The summed E-state index contributed by atoms with van der Waals surface area (Å²) in [5.41, 5.74) is 1.62. The first kappa shape index (κ1) is 15.5. The van der Waals surface area contributed by atoms with Crippen molar-refractivity contribution in [2.75, 3.05) is 18.4 Å². The number of nitrogens with one attached hydrogen (secondary N) is 2. The van der Waals surface area contributed by atoms with Crippen LogP contribution in [0.3, 0.4) is 0 Å². The minimum atomic E-state index is -0.0168. The molecule has 0 saturated carbocycles. The Hall–Kier alpha value is -1.58. The van der Waals surface area contributed by atoms with Crippen LogP contribution in [0.1, 0.15) is 50.2 Å². The van der Waals surface area contributed by atoms with Crippen LogP contribution in [-0.4, -0.2) is 24.0 Å². The van der Waals surface area contributed by atoms with Gasteiger partial charge >= 0.3 is 0 Å². The third-order valence-electron chi connectivity index (χ3n) is 2.87. The lowest BCUT2D eigenvalue weighted by molar-refractivity contribution is 0.0952. The Bertz CT molecular complexity index is 416. The molecule has 0 aliphatic carbocycles. The van der Waals surface area contributed by atoms with Gasteiger partial charge in [0.15, 0.2) is 0 Å². The highest BCUT2D eigenvalue weighted by atomic mass is 16.1. The van der Waals surface area contributed by atoms with Gasteiger partial charge in [-0.15, -0.1) is 0 Å². The molecule has 0 unspecified atom stereocenters. The van der Waals surface area contributed by atoms with Gasteiger partial charge in [-0.25, -0.2) is 4.98 Å². The SMILES string of the molecule is CCNc1cc(C(=O)NCCC(C)C)cc(CC)n1. The topological polar surface area (TPSA) is 54.0 Å². The minimum absolute atomic E-state index is 0.0168. The van der Waals surface area contributed by atoms with Gasteiger partial charge in [-0.2, -0.15) is 0 Å². The fourth-order valence-corrected chi connectivity index (χ4v) is 1.75. The van der Waals surface area contributed by atoms with Crippen molar-refractivity contribution in [1.82, 2.24) is 10.3 Å². The van der Waals surface area contributed by atoms with E-state index in [0.29, 0.717) is 11.5 Å². The van der Waals surface area contributed by atoms with Gasteiger partial charge < -0.3 is 10.6 Å². The maximum Gasteiger partial charge on any atom is 0.251 e. The highest BCUT2D eigenvalue weighted by Crippen LogP contribution is 2.11. The van der Waals surface area contributed by atoms with Crippen molar-refractivity contribution in [1.29, 1.82) is 0 Å². The first-order chi connectivity index (χ1) is 9.06. The molecule has 1 aromatic heterocycles. The third kappa shape index (κ3) is 5.28. The molecule has 0 fully saturated rings. The molecule has 0 aromatic carbocycles. The summed E-state index contributed by atoms with van der Waals surface area (Å²) in [5, 5.41) is 6.12. The van der Waals surface area contributed by atoms with Crippen LogP contribution >= 0.6 is 0 Å². The average Bonchev–Trinajstić information content (AvgIpc) is 2.38. The Morgan fingerprint density at radius 1 is 1.32 bits per heavy atom. The van der Waals surface area contributed by atoms with E-state index >= 15 is 0 Å². The summed E-state index contributed by atoms with van der Waals surface area (Å²) in [5.74, 6) is 1.36. The molecule has 19 heavy (non-hydrogen) atoms. The van der Waals surface area contributed by atoms with E-state index in [9.17, 15) is 4.79 Å². The highest BCUT2D eigenvalue weighted by molar-refractivity contribution is 5.95. The zero-order valence-electron chi connectivity index (χ0n) is 12.4. The van der Waals surface area contributed by atoms with Crippen LogP contribution < -0.4 is 10.6 Å². The van der Waals surface area contributed by atoms with Crippen molar-refractivity contribution < 1.29 is 4.79 Å². The molecule has 0 atom stereocenters. The van der Waals surface area contributed by atoms with Gasteiger partial charge in [0.25, 0.3) is 5.91 Å². The molecule has 4 heteroatoms. The van der Waals surface area contributed by atoms with E-state index in [1.807, 2.05) is 26.0 Å². The summed E-state index contributed by atoms with van der Waals surface area (Å²) in [6.07, 6.45) is 1.82. The largest absolute Gasteiger partial charge is 0.370 e. The Kier molecular flexibility index (Phi) is 6.33. The molecule has 4 nitrogen and oxygen atoms in total. The number of carbonyl (C=O) groups is 1. The van der Waals surface area contributed by atoms with Crippen LogP contribution in [0.5, 0.6) is 0 Å². The number of rotatable bonds is 7. The molecule has 106 valence electrons. The van der Waals surface area contributed by atoms with E-state index in [-0.39, 0.29) is 5.91 Å². The first-order valence-corrected chi connectivity index (χ1v) is 7.09. The van der Waals surface area contributed by atoms with Crippen LogP contribution in [0.2, 0.25) is 0 Å². The van der Waals surface area contributed by atoms with Crippen molar-refractivity contribution in [2.45, 2.75) is 40.5 Å². The van der Waals surface area contributed by atoms with Gasteiger partial charge in [0.2, 0.25) is 0 Å². The lowest BCUT2D eigenvalue weighted by Crippen LogP contribution is -2.25. The smallest absolute Gasteiger partial charge is 0.251 e. The Labute approximate surface area is 116 Å². The van der Waals surface area contributed by atoms with Gasteiger partial charge in [-0.1, -0.05) is 20.8 Å². The van der Waals surface area contributed by atoms with E-state index in [1.165, 1.54) is 0 Å². The molecule has 0 saturated heterocycles. The molecule has 1 amide bonds. The number of anilines is 1. The quantitative estimate of drug-likeness (QED) is 0.795. The minimum Gasteiger partial charge on any atom is -0.370 e. The van der Waals surface area contributed by atoms with Crippen molar-refractivity contribution >= 4 is 11.7 Å². The summed E-state index contributed by atoms with van der Waals surface area (Å²) in [4.78, 5) is 16.5. The monoisotopic (exact) mass is 263 g/mol. The summed E-state index contributed by atoms with van der Waals surface area (Å²) in [6, 6.07) is 3.68. The fraction of sp³-hybridized carbons (Fsp3) is 0.600. The van der Waals surface area contributed by atoms with Gasteiger partial charge in [0.05, 0.1) is 0 Å². The molecule has 1 aromatic rings. The fourth-order valence-electron chi connectivity index (χ4n) is 1.75. The van der Waals surface area contributed by atoms with Crippen molar-refractivity contribution in [2.24, 2.45) is 5.92 Å². The molecule has 1 heterocycles.